The Hall–Kier alpha value is -2.08. The Bertz CT molecular complexity index is 648. The lowest BCUT2D eigenvalue weighted by Crippen LogP contribution is -2.32. The van der Waals surface area contributed by atoms with Gasteiger partial charge >= 0.3 is 0 Å². The first kappa shape index (κ1) is 16.8. The molecule has 1 fully saturated rings. The second-order valence-electron chi connectivity index (χ2n) is 5.76. The van der Waals surface area contributed by atoms with Crippen molar-refractivity contribution in [2.75, 3.05) is 27.4 Å². The number of hydrogen-bond donors (Lipinski definition) is 1. The summed E-state index contributed by atoms with van der Waals surface area (Å²) in [4.78, 5) is 0. The zero-order chi connectivity index (χ0) is 17.0. The van der Waals surface area contributed by atoms with Crippen LogP contribution >= 0.6 is 0 Å². The van der Waals surface area contributed by atoms with E-state index >= 15 is 0 Å². The maximum Gasteiger partial charge on any atom is 0.196 e. The minimum atomic E-state index is -0.814. The molecule has 2 N–H and O–H groups in total. The van der Waals surface area contributed by atoms with Gasteiger partial charge in [-0.2, -0.15) is 0 Å². The van der Waals surface area contributed by atoms with Crippen molar-refractivity contribution in [2.24, 2.45) is 5.73 Å². The summed E-state index contributed by atoms with van der Waals surface area (Å²) in [5.41, 5.74) is 8.38. The Labute approximate surface area is 142 Å². The average Bonchev–Trinajstić information content (AvgIpc) is 3.11. The molecule has 0 amide bonds. The first-order valence-electron chi connectivity index (χ1n) is 7.99. The lowest BCUT2D eigenvalue weighted by molar-refractivity contribution is -0.174. The predicted octanol–water partition coefficient (Wildman–Crippen LogP) is 2.99. The third kappa shape index (κ3) is 3.38. The summed E-state index contributed by atoms with van der Waals surface area (Å²) < 4.78 is 22.3. The number of ether oxygens (including phenoxy) is 4. The minimum absolute atomic E-state index is 0.212. The molecule has 0 aliphatic carbocycles. The van der Waals surface area contributed by atoms with Gasteiger partial charge in [-0.15, -0.1) is 0 Å². The Morgan fingerprint density at radius 1 is 0.917 bits per heavy atom. The van der Waals surface area contributed by atoms with Gasteiger partial charge in [-0.05, 0) is 42.0 Å². The van der Waals surface area contributed by atoms with Crippen LogP contribution in [-0.4, -0.2) is 27.4 Å². The number of rotatable bonds is 6. The maximum atomic E-state index is 6.42. The van der Waals surface area contributed by atoms with Crippen LogP contribution in [0.1, 0.15) is 23.6 Å². The normalized spacial score (nSPS) is 17.5. The smallest absolute Gasteiger partial charge is 0.196 e. The van der Waals surface area contributed by atoms with Gasteiger partial charge in [-0.25, -0.2) is 0 Å². The summed E-state index contributed by atoms with van der Waals surface area (Å²) >= 11 is 0. The van der Waals surface area contributed by atoms with Crippen LogP contribution in [-0.2, 0) is 15.3 Å². The van der Waals surface area contributed by atoms with Crippen LogP contribution in [0.15, 0.2) is 48.5 Å². The molecule has 2 aromatic carbocycles. The van der Waals surface area contributed by atoms with Crippen molar-refractivity contribution in [1.29, 1.82) is 0 Å². The van der Waals surface area contributed by atoms with E-state index in [0.29, 0.717) is 19.6 Å². The molecule has 0 bridgehead atoms. The average molecular weight is 329 g/mol. The van der Waals surface area contributed by atoms with Crippen LogP contribution in [0.25, 0.3) is 0 Å². The molecule has 0 aromatic heterocycles. The van der Waals surface area contributed by atoms with E-state index in [0.717, 1.165) is 22.6 Å². The Kier molecular flexibility index (Phi) is 5.04. The Morgan fingerprint density at radius 3 is 1.92 bits per heavy atom. The molecule has 1 aliphatic heterocycles. The largest absolute Gasteiger partial charge is 0.497 e. The van der Waals surface area contributed by atoms with Crippen molar-refractivity contribution in [1.82, 2.24) is 0 Å². The van der Waals surface area contributed by atoms with Crippen molar-refractivity contribution in [3.05, 3.63) is 59.7 Å². The number of nitrogens with two attached hydrogens (primary N) is 1. The van der Waals surface area contributed by atoms with Gasteiger partial charge in [-0.3, -0.25) is 0 Å². The van der Waals surface area contributed by atoms with E-state index in [1.165, 1.54) is 0 Å². The highest BCUT2D eigenvalue weighted by Gasteiger charge is 2.40. The van der Waals surface area contributed by atoms with E-state index in [1.807, 2.05) is 48.5 Å². The fourth-order valence-electron chi connectivity index (χ4n) is 2.96. The lowest BCUT2D eigenvalue weighted by Gasteiger charge is -2.30. The lowest BCUT2D eigenvalue weighted by atomic mass is 9.94. The van der Waals surface area contributed by atoms with E-state index < -0.39 is 5.79 Å². The first-order chi connectivity index (χ1) is 11.7. The molecule has 0 saturated carbocycles. The van der Waals surface area contributed by atoms with Crippen LogP contribution in [0, 0.1) is 0 Å². The molecule has 1 heterocycles. The summed E-state index contributed by atoms with van der Waals surface area (Å²) in [6.07, 6.45) is 0.533. The predicted molar refractivity (Wildman–Crippen MR) is 91.1 cm³/mol. The molecule has 1 atom stereocenters. The van der Waals surface area contributed by atoms with Crippen LogP contribution in [0.3, 0.4) is 0 Å². The highest BCUT2D eigenvalue weighted by Crippen LogP contribution is 2.39. The minimum Gasteiger partial charge on any atom is -0.497 e. The Balaban J connectivity index is 1.81. The summed E-state index contributed by atoms with van der Waals surface area (Å²) in [5, 5.41) is 0. The van der Waals surface area contributed by atoms with Crippen molar-refractivity contribution in [3.8, 4) is 11.5 Å². The van der Waals surface area contributed by atoms with E-state index in [4.69, 9.17) is 24.7 Å². The molecule has 5 heteroatoms. The highest BCUT2D eigenvalue weighted by molar-refractivity contribution is 5.32. The molecule has 3 rings (SSSR count). The standard InChI is InChI=1S/C19H23NO4/c1-21-16-7-3-14(4-8-16)18(20)13-19(23-11-12-24-19)15-5-9-17(22-2)10-6-15/h3-10,18H,11-13,20H2,1-2H3. The van der Waals surface area contributed by atoms with Gasteiger partial charge < -0.3 is 24.7 Å². The highest BCUT2D eigenvalue weighted by atomic mass is 16.7. The third-order valence-electron chi connectivity index (χ3n) is 4.32. The fourth-order valence-corrected chi connectivity index (χ4v) is 2.96. The third-order valence-corrected chi connectivity index (χ3v) is 4.32. The van der Waals surface area contributed by atoms with Crippen molar-refractivity contribution in [3.63, 3.8) is 0 Å². The Morgan fingerprint density at radius 2 is 1.42 bits per heavy atom. The number of benzene rings is 2. The summed E-state index contributed by atoms with van der Waals surface area (Å²) in [6, 6.07) is 15.3. The second kappa shape index (κ2) is 7.21. The topological polar surface area (TPSA) is 62.9 Å². The molecule has 1 saturated heterocycles. The second-order valence-corrected chi connectivity index (χ2v) is 5.76. The molecule has 1 unspecified atom stereocenters. The van der Waals surface area contributed by atoms with Crippen LogP contribution in [0.2, 0.25) is 0 Å². The zero-order valence-electron chi connectivity index (χ0n) is 14.0. The molecule has 2 aromatic rings. The molecule has 24 heavy (non-hydrogen) atoms. The molecule has 128 valence electrons. The van der Waals surface area contributed by atoms with Gasteiger partial charge in [0, 0.05) is 18.0 Å². The summed E-state index contributed by atoms with van der Waals surface area (Å²) in [7, 11) is 3.29. The summed E-state index contributed by atoms with van der Waals surface area (Å²) in [5.74, 6) is 0.793. The quantitative estimate of drug-likeness (QED) is 0.883. The van der Waals surface area contributed by atoms with E-state index in [2.05, 4.69) is 0 Å². The zero-order valence-corrected chi connectivity index (χ0v) is 14.0. The van der Waals surface area contributed by atoms with Crippen molar-refractivity contribution >= 4 is 0 Å². The van der Waals surface area contributed by atoms with E-state index in [1.54, 1.807) is 14.2 Å². The van der Waals surface area contributed by atoms with Gasteiger partial charge in [0.25, 0.3) is 0 Å². The van der Waals surface area contributed by atoms with Gasteiger partial charge in [0.05, 0.1) is 27.4 Å². The summed E-state index contributed by atoms with van der Waals surface area (Å²) in [6.45, 7) is 1.11. The van der Waals surface area contributed by atoms with Gasteiger partial charge in [0.15, 0.2) is 5.79 Å². The van der Waals surface area contributed by atoms with Gasteiger partial charge in [-0.1, -0.05) is 12.1 Å². The molecule has 0 radical (unpaired) electrons. The molecular weight excluding hydrogens is 306 g/mol. The number of methoxy groups -OCH3 is 2. The molecule has 1 aliphatic rings. The molecule has 0 spiro atoms. The van der Waals surface area contributed by atoms with Crippen molar-refractivity contribution in [2.45, 2.75) is 18.2 Å². The van der Waals surface area contributed by atoms with Gasteiger partial charge in [0.1, 0.15) is 11.5 Å². The maximum absolute atomic E-state index is 6.42. The van der Waals surface area contributed by atoms with E-state index in [-0.39, 0.29) is 6.04 Å². The van der Waals surface area contributed by atoms with Crippen molar-refractivity contribution < 1.29 is 18.9 Å². The fraction of sp³-hybridized carbons (Fsp3) is 0.368. The van der Waals surface area contributed by atoms with Crippen LogP contribution in [0.4, 0.5) is 0 Å². The van der Waals surface area contributed by atoms with Gasteiger partial charge in [0.2, 0.25) is 0 Å². The first-order valence-corrected chi connectivity index (χ1v) is 7.99. The van der Waals surface area contributed by atoms with E-state index in [9.17, 15) is 0 Å². The van der Waals surface area contributed by atoms with Crippen LogP contribution < -0.4 is 15.2 Å². The SMILES string of the molecule is COc1ccc(C(N)CC2(c3ccc(OC)cc3)OCCO2)cc1. The number of hydrogen-bond acceptors (Lipinski definition) is 5. The monoisotopic (exact) mass is 329 g/mol. The van der Waals surface area contributed by atoms with Crippen LogP contribution in [0.5, 0.6) is 11.5 Å². The molecular formula is C19H23NO4. The molecule has 5 nitrogen and oxygen atoms in total.